The van der Waals surface area contributed by atoms with Gasteiger partial charge in [0.2, 0.25) is 0 Å². The molecule has 0 aromatic carbocycles. The maximum atomic E-state index is 12.6. The zero-order valence-electron chi connectivity index (χ0n) is 30.3. The molecule has 0 aromatic rings. The Kier molecular flexibility index (Phi) is 34.5. The van der Waals surface area contributed by atoms with Gasteiger partial charge in [-0.2, -0.15) is 0 Å². The van der Waals surface area contributed by atoms with Crippen LogP contribution in [0.5, 0.6) is 0 Å². The van der Waals surface area contributed by atoms with Crippen molar-refractivity contribution in [1.29, 1.82) is 0 Å². The normalized spacial score (nSPS) is 12.0. The highest BCUT2D eigenvalue weighted by atomic mass is 16.5. The Morgan fingerprint density at radius 2 is 1.00 bits per heavy atom. The third-order valence-corrected chi connectivity index (χ3v) is 8.80. The fourth-order valence-corrected chi connectivity index (χ4v) is 5.81. The number of aliphatic carboxylic acids is 1. The molecule has 0 aliphatic rings. The zero-order valence-corrected chi connectivity index (χ0v) is 30.3. The highest BCUT2D eigenvalue weighted by molar-refractivity contribution is 5.76. The number of esters is 2. The van der Waals surface area contributed by atoms with Crippen LogP contribution in [-0.2, 0) is 23.9 Å². The zero-order chi connectivity index (χ0) is 33.8. The second-order valence-corrected chi connectivity index (χ2v) is 13.4. The highest BCUT2D eigenvalue weighted by Gasteiger charge is 2.13. The number of rotatable bonds is 36. The lowest BCUT2D eigenvalue weighted by molar-refractivity contribution is -0.149. The Labute approximate surface area is 284 Å². The van der Waals surface area contributed by atoms with Crippen LogP contribution in [-0.4, -0.2) is 35.7 Å². The third-order valence-electron chi connectivity index (χ3n) is 8.80. The van der Waals surface area contributed by atoms with Crippen LogP contribution in [0.4, 0.5) is 0 Å². The molecule has 0 saturated heterocycles. The van der Waals surface area contributed by atoms with Crippen LogP contribution >= 0.6 is 0 Å². The van der Waals surface area contributed by atoms with E-state index in [4.69, 9.17) is 14.6 Å². The molecular formula is C40H74O6. The Morgan fingerprint density at radius 1 is 0.522 bits per heavy atom. The number of hydrogen-bond donors (Lipinski definition) is 1. The molecule has 1 atom stereocenters. The SMILES string of the molecule is CCCCCCCCCCCCCCCCCC(=O)OC(CC=CCCCCCCCCOC(=O)CCC(=O)O)CCCCCC. The number of carboxylic acid groups (broad SMARTS) is 1. The van der Waals surface area contributed by atoms with E-state index in [9.17, 15) is 14.4 Å². The maximum Gasteiger partial charge on any atom is 0.306 e. The summed E-state index contributed by atoms with van der Waals surface area (Å²) in [6, 6.07) is 0. The van der Waals surface area contributed by atoms with Crippen LogP contribution in [0.15, 0.2) is 12.2 Å². The largest absolute Gasteiger partial charge is 0.481 e. The first-order chi connectivity index (χ1) is 22.5. The quantitative estimate of drug-likeness (QED) is 0.0412. The van der Waals surface area contributed by atoms with Crippen molar-refractivity contribution in [1.82, 2.24) is 0 Å². The van der Waals surface area contributed by atoms with Gasteiger partial charge in [-0.05, 0) is 38.5 Å². The van der Waals surface area contributed by atoms with E-state index in [0.29, 0.717) is 13.0 Å². The van der Waals surface area contributed by atoms with Crippen LogP contribution in [0.1, 0.15) is 213 Å². The molecule has 0 saturated carbocycles. The smallest absolute Gasteiger partial charge is 0.306 e. The monoisotopic (exact) mass is 651 g/mol. The molecule has 0 heterocycles. The second-order valence-electron chi connectivity index (χ2n) is 13.4. The molecule has 1 N–H and O–H groups in total. The summed E-state index contributed by atoms with van der Waals surface area (Å²) in [5.74, 6) is -1.41. The lowest BCUT2D eigenvalue weighted by atomic mass is 10.0. The summed E-state index contributed by atoms with van der Waals surface area (Å²) < 4.78 is 11.0. The summed E-state index contributed by atoms with van der Waals surface area (Å²) in [6.07, 6.45) is 38.8. The van der Waals surface area contributed by atoms with Gasteiger partial charge < -0.3 is 14.6 Å². The van der Waals surface area contributed by atoms with Crippen molar-refractivity contribution in [3.63, 3.8) is 0 Å². The van der Waals surface area contributed by atoms with Gasteiger partial charge in [-0.3, -0.25) is 14.4 Å². The number of unbranched alkanes of at least 4 members (excludes halogenated alkanes) is 23. The fourth-order valence-electron chi connectivity index (χ4n) is 5.81. The number of allylic oxidation sites excluding steroid dienone is 1. The van der Waals surface area contributed by atoms with Gasteiger partial charge in [0.15, 0.2) is 0 Å². The van der Waals surface area contributed by atoms with Crippen molar-refractivity contribution in [3.05, 3.63) is 12.2 Å². The average molecular weight is 651 g/mol. The molecule has 1 unspecified atom stereocenters. The van der Waals surface area contributed by atoms with Crippen molar-refractivity contribution in [2.75, 3.05) is 6.61 Å². The molecule has 0 aliphatic heterocycles. The predicted molar refractivity (Wildman–Crippen MR) is 192 cm³/mol. The summed E-state index contributed by atoms with van der Waals surface area (Å²) in [5, 5.41) is 8.59. The Bertz CT molecular complexity index is 719. The van der Waals surface area contributed by atoms with Gasteiger partial charge in [0.05, 0.1) is 19.4 Å². The molecule has 46 heavy (non-hydrogen) atoms. The first kappa shape index (κ1) is 44.1. The van der Waals surface area contributed by atoms with Gasteiger partial charge in [-0.25, -0.2) is 0 Å². The van der Waals surface area contributed by atoms with E-state index >= 15 is 0 Å². The van der Waals surface area contributed by atoms with Crippen molar-refractivity contribution in [2.24, 2.45) is 0 Å². The second kappa shape index (κ2) is 36.0. The van der Waals surface area contributed by atoms with E-state index in [1.165, 1.54) is 109 Å². The van der Waals surface area contributed by atoms with E-state index in [2.05, 4.69) is 26.0 Å². The molecule has 6 heteroatoms. The lowest BCUT2D eigenvalue weighted by Gasteiger charge is -2.16. The number of ether oxygens (including phenoxy) is 2. The molecule has 0 bridgehead atoms. The average Bonchev–Trinajstić information content (AvgIpc) is 3.04. The van der Waals surface area contributed by atoms with Crippen molar-refractivity contribution < 1.29 is 29.0 Å². The maximum absolute atomic E-state index is 12.6. The molecule has 0 aliphatic carbocycles. The summed E-state index contributed by atoms with van der Waals surface area (Å²) in [4.78, 5) is 34.4. The van der Waals surface area contributed by atoms with E-state index in [1.54, 1.807) is 0 Å². The molecule has 270 valence electrons. The van der Waals surface area contributed by atoms with Crippen LogP contribution in [0.25, 0.3) is 0 Å². The number of carbonyl (C=O) groups excluding carboxylic acids is 2. The molecule has 0 amide bonds. The minimum atomic E-state index is -0.974. The third kappa shape index (κ3) is 35.0. The van der Waals surface area contributed by atoms with E-state index in [1.807, 2.05) is 0 Å². The van der Waals surface area contributed by atoms with Crippen LogP contribution in [0, 0.1) is 0 Å². The van der Waals surface area contributed by atoms with Gasteiger partial charge >= 0.3 is 17.9 Å². The van der Waals surface area contributed by atoms with Crippen LogP contribution in [0.2, 0.25) is 0 Å². The van der Waals surface area contributed by atoms with Gasteiger partial charge in [0.1, 0.15) is 6.10 Å². The molecule has 0 spiro atoms. The Morgan fingerprint density at radius 3 is 1.54 bits per heavy atom. The first-order valence-corrected chi connectivity index (χ1v) is 19.7. The van der Waals surface area contributed by atoms with E-state index < -0.39 is 11.9 Å². The minimum absolute atomic E-state index is 0.00942. The Balaban J connectivity index is 3.87. The summed E-state index contributed by atoms with van der Waals surface area (Å²) in [5.41, 5.74) is 0. The molecule has 0 rings (SSSR count). The summed E-state index contributed by atoms with van der Waals surface area (Å²) >= 11 is 0. The molecule has 0 fully saturated rings. The minimum Gasteiger partial charge on any atom is -0.481 e. The van der Waals surface area contributed by atoms with Crippen LogP contribution in [0.3, 0.4) is 0 Å². The van der Waals surface area contributed by atoms with E-state index in [-0.39, 0.29) is 24.9 Å². The van der Waals surface area contributed by atoms with Gasteiger partial charge in [0.25, 0.3) is 0 Å². The summed E-state index contributed by atoms with van der Waals surface area (Å²) in [6.45, 7) is 4.88. The van der Waals surface area contributed by atoms with Gasteiger partial charge in [-0.1, -0.05) is 161 Å². The van der Waals surface area contributed by atoms with Crippen molar-refractivity contribution in [2.45, 2.75) is 219 Å². The predicted octanol–water partition coefficient (Wildman–Crippen LogP) is 12.2. The summed E-state index contributed by atoms with van der Waals surface area (Å²) in [7, 11) is 0. The lowest BCUT2D eigenvalue weighted by Crippen LogP contribution is -2.17. The highest BCUT2D eigenvalue weighted by Crippen LogP contribution is 2.17. The number of carbonyl (C=O) groups is 3. The molecule has 0 aromatic heterocycles. The number of hydrogen-bond acceptors (Lipinski definition) is 5. The van der Waals surface area contributed by atoms with Crippen LogP contribution < -0.4 is 0 Å². The fraction of sp³-hybridized carbons (Fsp3) is 0.875. The van der Waals surface area contributed by atoms with E-state index in [0.717, 1.165) is 70.6 Å². The number of carboxylic acids is 1. The standard InChI is InChI=1S/C40H74O6/c1-3-5-7-9-10-11-12-13-14-15-16-19-22-25-29-33-40(44)46-37(31-27-8-6-4-2)32-28-24-21-18-17-20-23-26-30-36-45-39(43)35-34-38(41)42/h24,28,37H,3-23,25-27,29-36H2,1-2H3,(H,41,42). The van der Waals surface area contributed by atoms with Crippen molar-refractivity contribution >= 4 is 17.9 Å². The molecule has 6 nitrogen and oxygen atoms in total. The Hall–Kier alpha value is -1.85. The molecule has 0 radical (unpaired) electrons. The van der Waals surface area contributed by atoms with Gasteiger partial charge in [-0.15, -0.1) is 0 Å². The topological polar surface area (TPSA) is 89.9 Å². The first-order valence-electron chi connectivity index (χ1n) is 19.7. The molecular weight excluding hydrogens is 576 g/mol. The van der Waals surface area contributed by atoms with Crippen molar-refractivity contribution in [3.8, 4) is 0 Å². The van der Waals surface area contributed by atoms with Gasteiger partial charge in [0, 0.05) is 12.8 Å².